The number of hydrogen-bond donors (Lipinski definition) is 1. The van der Waals surface area contributed by atoms with E-state index < -0.39 is 23.5 Å². The van der Waals surface area contributed by atoms with Gasteiger partial charge in [-0.2, -0.15) is 26.3 Å². The Kier molecular flexibility index (Phi) is 8.60. The fraction of sp³-hybridized carbons (Fsp3) is 0.633. The van der Waals surface area contributed by atoms with Gasteiger partial charge >= 0.3 is 12.4 Å². The molecule has 0 aliphatic heterocycles. The molecule has 0 unspecified atom stereocenters. The number of halogens is 6. The number of rotatable bonds is 9. The van der Waals surface area contributed by atoms with Gasteiger partial charge in [0.25, 0.3) is 0 Å². The molecule has 9 heteroatoms. The zero-order valence-corrected chi connectivity index (χ0v) is 23.2. The van der Waals surface area contributed by atoms with E-state index in [4.69, 9.17) is 4.98 Å². The van der Waals surface area contributed by atoms with E-state index in [1.807, 2.05) is 13.8 Å². The van der Waals surface area contributed by atoms with Crippen LogP contribution in [-0.4, -0.2) is 18.1 Å². The van der Waals surface area contributed by atoms with Crippen molar-refractivity contribution in [2.24, 2.45) is 11.8 Å². The molecule has 0 spiro atoms. The predicted octanol–water partition coefficient (Wildman–Crippen LogP) is 8.29. The number of alkyl halides is 6. The van der Waals surface area contributed by atoms with Crippen molar-refractivity contribution in [2.45, 2.75) is 97.1 Å². The summed E-state index contributed by atoms with van der Waals surface area (Å²) >= 11 is 0. The standard InChI is InChI=1S/C28H33F6N3.C2H6/c1-26(2)8-7-20-11-21(25(36-24(20)26)37(15-17-3-4-17)16-18-5-6-18)14-35-13-19-9-22(27(29,30)31)12-23(10-19)28(32,33)34;1-2/h9-12,17-18,35H,3-8,13-16H2,1-2H3;1-2H3. The van der Waals surface area contributed by atoms with E-state index in [1.165, 1.54) is 31.2 Å². The first kappa shape index (κ1) is 29.7. The van der Waals surface area contributed by atoms with Crippen molar-refractivity contribution < 1.29 is 26.3 Å². The molecule has 39 heavy (non-hydrogen) atoms. The molecule has 3 aliphatic rings. The van der Waals surface area contributed by atoms with Crippen LogP contribution in [-0.2, 0) is 37.3 Å². The van der Waals surface area contributed by atoms with Gasteiger partial charge in [0.2, 0.25) is 0 Å². The van der Waals surface area contributed by atoms with Gasteiger partial charge in [0.05, 0.1) is 16.8 Å². The van der Waals surface area contributed by atoms with Gasteiger partial charge in [-0.3, -0.25) is 0 Å². The Labute approximate surface area is 227 Å². The molecule has 0 amide bonds. The molecule has 2 aromatic rings. The average molecular weight is 556 g/mol. The molecule has 2 saturated carbocycles. The first-order valence-electron chi connectivity index (χ1n) is 14.1. The van der Waals surface area contributed by atoms with Crippen LogP contribution in [0.1, 0.15) is 93.3 Å². The molecule has 1 aromatic heterocycles. The van der Waals surface area contributed by atoms with E-state index in [1.54, 1.807) is 0 Å². The Morgan fingerprint density at radius 1 is 0.846 bits per heavy atom. The van der Waals surface area contributed by atoms with Gasteiger partial charge in [-0.1, -0.05) is 27.7 Å². The summed E-state index contributed by atoms with van der Waals surface area (Å²) in [6.07, 6.45) is -2.95. The number of pyridine rings is 1. The van der Waals surface area contributed by atoms with E-state index in [2.05, 4.69) is 30.1 Å². The summed E-state index contributed by atoms with van der Waals surface area (Å²) in [4.78, 5) is 7.56. The highest BCUT2D eigenvalue weighted by Gasteiger charge is 2.38. The van der Waals surface area contributed by atoms with Crippen LogP contribution in [0, 0.1) is 11.8 Å². The second-order valence-electron chi connectivity index (χ2n) is 11.7. The Balaban J connectivity index is 0.00000172. The quantitative estimate of drug-likeness (QED) is 0.316. The summed E-state index contributed by atoms with van der Waals surface area (Å²) in [5, 5.41) is 3.12. The van der Waals surface area contributed by atoms with Crippen LogP contribution < -0.4 is 10.2 Å². The highest BCUT2D eigenvalue weighted by atomic mass is 19.4. The molecule has 216 valence electrons. The van der Waals surface area contributed by atoms with E-state index in [0.29, 0.717) is 18.4 Å². The molecule has 2 fully saturated rings. The number of anilines is 1. The van der Waals surface area contributed by atoms with Gasteiger partial charge in [-0.25, -0.2) is 4.98 Å². The molecular formula is C30H39F6N3. The minimum Gasteiger partial charge on any atom is -0.356 e. The molecule has 3 aliphatic carbocycles. The SMILES string of the molecule is CC.CC1(C)CCc2cc(CNCc3cc(C(F)(F)F)cc(C(F)(F)F)c3)c(N(CC3CC3)CC3CC3)nc21. The van der Waals surface area contributed by atoms with Gasteiger partial charge < -0.3 is 10.2 Å². The Bertz CT molecular complexity index is 1100. The van der Waals surface area contributed by atoms with Crippen LogP contribution in [0.4, 0.5) is 32.2 Å². The smallest absolute Gasteiger partial charge is 0.356 e. The first-order chi connectivity index (χ1) is 18.3. The number of nitrogens with one attached hydrogen (secondary N) is 1. The van der Waals surface area contributed by atoms with Gasteiger partial charge in [0.15, 0.2) is 0 Å². The number of aromatic nitrogens is 1. The van der Waals surface area contributed by atoms with E-state index in [-0.39, 0.29) is 23.6 Å². The van der Waals surface area contributed by atoms with Crippen molar-refractivity contribution in [3.8, 4) is 0 Å². The van der Waals surface area contributed by atoms with E-state index in [0.717, 1.165) is 55.1 Å². The molecule has 0 saturated heterocycles. The lowest BCUT2D eigenvalue weighted by Crippen LogP contribution is -2.31. The lowest BCUT2D eigenvalue weighted by molar-refractivity contribution is -0.143. The molecule has 0 atom stereocenters. The number of hydrogen-bond acceptors (Lipinski definition) is 3. The van der Waals surface area contributed by atoms with Crippen molar-refractivity contribution in [1.29, 1.82) is 0 Å². The monoisotopic (exact) mass is 555 g/mol. The molecule has 3 nitrogen and oxygen atoms in total. The molecule has 0 bridgehead atoms. The van der Waals surface area contributed by atoms with Crippen LogP contribution in [0.3, 0.4) is 0 Å². The second kappa shape index (κ2) is 11.3. The van der Waals surface area contributed by atoms with Crippen molar-refractivity contribution in [3.05, 3.63) is 57.8 Å². The van der Waals surface area contributed by atoms with Crippen LogP contribution in [0.5, 0.6) is 0 Å². The summed E-state index contributed by atoms with van der Waals surface area (Å²) in [5.74, 6) is 2.24. The number of nitrogens with zero attached hydrogens (tertiary/aromatic N) is 2. The zero-order chi connectivity index (χ0) is 28.6. The summed E-state index contributed by atoms with van der Waals surface area (Å²) in [5.41, 5.74) is 0.597. The predicted molar refractivity (Wildman–Crippen MR) is 142 cm³/mol. The maximum Gasteiger partial charge on any atom is 0.416 e. The Morgan fingerprint density at radius 2 is 1.38 bits per heavy atom. The lowest BCUT2D eigenvalue weighted by atomic mass is 9.90. The highest BCUT2D eigenvalue weighted by Crippen LogP contribution is 2.42. The minimum absolute atomic E-state index is 0.0209. The fourth-order valence-electron chi connectivity index (χ4n) is 5.27. The Hall–Kier alpha value is -2.29. The van der Waals surface area contributed by atoms with Crippen LogP contribution >= 0.6 is 0 Å². The third-order valence-electron chi connectivity index (χ3n) is 7.76. The largest absolute Gasteiger partial charge is 0.416 e. The van der Waals surface area contributed by atoms with Crippen molar-refractivity contribution in [3.63, 3.8) is 0 Å². The van der Waals surface area contributed by atoms with Crippen molar-refractivity contribution in [1.82, 2.24) is 10.3 Å². The first-order valence-corrected chi connectivity index (χ1v) is 14.1. The minimum atomic E-state index is -4.86. The van der Waals surface area contributed by atoms with Crippen LogP contribution in [0.25, 0.3) is 0 Å². The fourth-order valence-corrected chi connectivity index (χ4v) is 5.27. The zero-order valence-electron chi connectivity index (χ0n) is 23.2. The lowest BCUT2D eigenvalue weighted by Gasteiger charge is -2.29. The van der Waals surface area contributed by atoms with Gasteiger partial charge in [-0.15, -0.1) is 0 Å². The van der Waals surface area contributed by atoms with E-state index in [9.17, 15) is 26.3 Å². The summed E-state index contributed by atoms with van der Waals surface area (Å²) < 4.78 is 79.6. The van der Waals surface area contributed by atoms with Gasteiger partial charge in [-0.05, 0) is 85.8 Å². The van der Waals surface area contributed by atoms with Crippen molar-refractivity contribution >= 4 is 5.82 Å². The normalized spacial score (nSPS) is 18.4. The molecule has 1 N–H and O–H groups in total. The second-order valence-corrected chi connectivity index (χ2v) is 11.7. The average Bonchev–Trinajstić information content (AvgIpc) is 3.80. The maximum absolute atomic E-state index is 13.3. The number of aryl methyl sites for hydroxylation is 1. The van der Waals surface area contributed by atoms with E-state index >= 15 is 0 Å². The van der Waals surface area contributed by atoms with Crippen molar-refractivity contribution in [2.75, 3.05) is 18.0 Å². The maximum atomic E-state index is 13.3. The van der Waals surface area contributed by atoms with Crippen LogP contribution in [0.2, 0.25) is 0 Å². The summed E-state index contributed by atoms with van der Waals surface area (Å²) in [7, 11) is 0. The van der Waals surface area contributed by atoms with Gasteiger partial charge in [0.1, 0.15) is 5.82 Å². The number of fused-ring (bicyclic) bond motifs is 1. The number of benzene rings is 1. The van der Waals surface area contributed by atoms with Crippen LogP contribution in [0.15, 0.2) is 24.3 Å². The third-order valence-corrected chi connectivity index (χ3v) is 7.76. The Morgan fingerprint density at radius 3 is 1.87 bits per heavy atom. The molecule has 1 heterocycles. The molecular weight excluding hydrogens is 516 g/mol. The molecule has 5 rings (SSSR count). The highest BCUT2D eigenvalue weighted by molar-refractivity contribution is 5.53. The summed E-state index contributed by atoms with van der Waals surface area (Å²) in [6, 6.07) is 3.90. The van der Waals surface area contributed by atoms with Gasteiger partial charge in [0, 0.05) is 37.2 Å². The topological polar surface area (TPSA) is 28.2 Å². The molecule has 0 radical (unpaired) electrons. The summed E-state index contributed by atoms with van der Waals surface area (Å²) in [6.45, 7) is 10.5. The third kappa shape index (κ3) is 7.47. The molecule has 1 aromatic carbocycles.